The van der Waals surface area contributed by atoms with Crippen LogP contribution >= 0.6 is 0 Å². The Bertz CT molecular complexity index is 19.1. The van der Waals surface area contributed by atoms with Crippen LogP contribution in [-0.4, -0.2) is 13.2 Å². The number of rotatable bonds is 0. The Morgan fingerprint density at radius 2 is 1.50 bits per heavy atom. The molecule has 2 heteroatoms. The average molecular weight is 131 g/mol. The predicted molar refractivity (Wildman–Crippen MR) is 20.1 cm³/mol. The zero-order valence-corrected chi connectivity index (χ0v) is 4.61. The molecule has 1 rings (SSSR count). The van der Waals surface area contributed by atoms with Crippen LogP contribution in [0.3, 0.4) is 0 Å². The molecule has 0 amide bonds. The monoisotopic (exact) mass is 131 g/mol. The summed E-state index contributed by atoms with van der Waals surface area (Å²) in [6.07, 6.45) is 2.56. The van der Waals surface area contributed by atoms with E-state index >= 15 is 0 Å². The van der Waals surface area contributed by atoms with Gasteiger partial charge in [-0.25, -0.2) is 0 Å². The molecular weight excluding hydrogens is 123 g/mol. The molecule has 0 atom stereocenters. The van der Waals surface area contributed by atoms with Crippen molar-refractivity contribution in [3.05, 3.63) is 0 Å². The predicted octanol–water partition coefficient (Wildman–Crippen LogP) is 0.794. The molecule has 0 radical (unpaired) electrons. The first-order chi connectivity index (χ1) is 2.50. The second-order valence-corrected chi connectivity index (χ2v) is 1.32. The van der Waals surface area contributed by atoms with Crippen LogP contribution in [0.15, 0.2) is 0 Å². The molecule has 6 heavy (non-hydrogen) atoms. The van der Waals surface area contributed by atoms with E-state index in [9.17, 15) is 0 Å². The Hall–Kier alpha value is 0.466. The average Bonchev–Trinajstić information content (AvgIpc) is 1.76. The SMILES string of the molecule is C1CCOC1.[Co+3]. The Morgan fingerprint density at radius 3 is 1.67 bits per heavy atom. The Labute approximate surface area is 48.3 Å². The third-order valence-electron chi connectivity index (χ3n) is 0.827. The molecule has 0 aromatic carbocycles. The van der Waals surface area contributed by atoms with Gasteiger partial charge < -0.3 is 4.74 Å². The zero-order chi connectivity index (χ0) is 3.54. The van der Waals surface area contributed by atoms with Crippen LogP contribution in [0.4, 0.5) is 0 Å². The third-order valence-corrected chi connectivity index (χ3v) is 0.827. The summed E-state index contributed by atoms with van der Waals surface area (Å²) in [5.74, 6) is 0. The van der Waals surface area contributed by atoms with Crippen molar-refractivity contribution in [2.24, 2.45) is 0 Å². The molecule has 0 spiro atoms. The molecule has 1 heterocycles. The Balaban J connectivity index is 0.000000250. The van der Waals surface area contributed by atoms with Gasteiger partial charge in [0.15, 0.2) is 0 Å². The molecule has 0 aromatic heterocycles. The minimum Gasteiger partial charge on any atom is -0.381 e. The van der Waals surface area contributed by atoms with Crippen LogP contribution in [0.1, 0.15) is 12.8 Å². The van der Waals surface area contributed by atoms with Crippen LogP contribution in [0, 0.1) is 0 Å². The van der Waals surface area contributed by atoms with Crippen LogP contribution in [0.2, 0.25) is 0 Å². The van der Waals surface area contributed by atoms with Gasteiger partial charge in [0.05, 0.1) is 0 Å². The van der Waals surface area contributed by atoms with Gasteiger partial charge in [0.1, 0.15) is 0 Å². The first kappa shape index (κ1) is 6.47. The van der Waals surface area contributed by atoms with E-state index in [1.54, 1.807) is 0 Å². The van der Waals surface area contributed by atoms with E-state index in [4.69, 9.17) is 4.74 Å². The van der Waals surface area contributed by atoms with E-state index in [0.717, 1.165) is 13.2 Å². The van der Waals surface area contributed by atoms with Gasteiger partial charge in [0.2, 0.25) is 0 Å². The molecule has 1 fully saturated rings. The van der Waals surface area contributed by atoms with Crippen molar-refractivity contribution in [3.8, 4) is 0 Å². The van der Waals surface area contributed by atoms with Gasteiger partial charge in [-0.15, -0.1) is 0 Å². The summed E-state index contributed by atoms with van der Waals surface area (Å²) in [5.41, 5.74) is 0. The molecule has 1 nitrogen and oxygen atoms in total. The zero-order valence-electron chi connectivity index (χ0n) is 3.57. The topological polar surface area (TPSA) is 9.23 Å². The summed E-state index contributed by atoms with van der Waals surface area (Å²) >= 11 is 0. The van der Waals surface area contributed by atoms with Gasteiger partial charge in [0, 0.05) is 13.2 Å². The molecular formula is C4H8CoO+3. The number of hydrogen-bond acceptors (Lipinski definition) is 1. The van der Waals surface area contributed by atoms with Crippen LogP contribution in [0.5, 0.6) is 0 Å². The van der Waals surface area contributed by atoms with Gasteiger partial charge in [-0.2, -0.15) is 0 Å². The van der Waals surface area contributed by atoms with Gasteiger partial charge in [-0.1, -0.05) is 0 Å². The Kier molecular flexibility index (Phi) is 3.93. The van der Waals surface area contributed by atoms with Gasteiger partial charge >= 0.3 is 16.8 Å². The summed E-state index contributed by atoms with van der Waals surface area (Å²) in [7, 11) is 0. The summed E-state index contributed by atoms with van der Waals surface area (Å²) in [6.45, 7) is 2.00. The minimum absolute atomic E-state index is 0. The molecule has 36 valence electrons. The number of hydrogen-bond donors (Lipinski definition) is 0. The molecule has 0 bridgehead atoms. The normalized spacial score (nSPS) is 20.0. The second-order valence-electron chi connectivity index (χ2n) is 1.32. The van der Waals surface area contributed by atoms with E-state index in [2.05, 4.69) is 0 Å². The second kappa shape index (κ2) is 3.65. The maximum atomic E-state index is 4.94. The largest absolute Gasteiger partial charge is 3.00 e. The maximum absolute atomic E-state index is 4.94. The molecule has 0 aromatic rings. The van der Waals surface area contributed by atoms with Crippen molar-refractivity contribution >= 4 is 0 Å². The minimum atomic E-state index is 0. The van der Waals surface area contributed by atoms with Crippen molar-refractivity contribution in [1.82, 2.24) is 0 Å². The van der Waals surface area contributed by atoms with Crippen LogP contribution in [0.25, 0.3) is 0 Å². The first-order valence-electron chi connectivity index (χ1n) is 2.08. The van der Waals surface area contributed by atoms with E-state index in [1.807, 2.05) is 0 Å². The van der Waals surface area contributed by atoms with E-state index in [-0.39, 0.29) is 16.8 Å². The Morgan fingerprint density at radius 1 is 1.00 bits per heavy atom. The number of ether oxygens (including phenoxy) is 1. The summed E-state index contributed by atoms with van der Waals surface area (Å²) < 4.78 is 4.94. The molecule has 1 saturated heterocycles. The van der Waals surface area contributed by atoms with E-state index in [0.29, 0.717) is 0 Å². The third kappa shape index (κ3) is 1.80. The molecule has 0 saturated carbocycles. The van der Waals surface area contributed by atoms with E-state index in [1.165, 1.54) is 12.8 Å². The first-order valence-corrected chi connectivity index (χ1v) is 2.08. The maximum Gasteiger partial charge on any atom is 3.00 e. The standard InChI is InChI=1S/C4H8O.Co/c1-2-4-5-3-1;/h1-4H2;/q;+3. The molecule has 0 unspecified atom stereocenters. The van der Waals surface area contributed by atoms with Gasteiger partial charge in [-0.3, -0.25) is 0 Å². The summed E-state index contributed by atoms with van der Waals surface area (Å²) in [5, 5.41) is 0. The molecule has 0 N–H and O–H groups in total. The molecule has 0 aliphatic carbocycles. The fourth-order valence-corrected chi connectivity index (χ4v) is 0.510. The molecule has 1 aliphatic rings. The van der Waals surface area contributed by atoms with Crippen molar-refractivity contribution in [3.63, 3.8) is 0 Å². The van der Waals surface area contributed by atoms with Crippen molar-refractivity contribution in [2.45, 2.75) is 12.8 Å². The van der Waals surface area contributed by atoms with Gasteiger partial charge in [-0.05, 0) is 12.8 Å². The molecule has 1 aliphatic heterocycles. The fourth-order valence-electron chi connectivity index (χ4n) is 0.510. The van der Waals surface area contributed by atoms with Crippen molar-refractivity contribution in [2.75, 3.05) is 13.2 Å². The van der Waals surface area contributed by atoms with E-state index < -0.39 is 0 Å². The van der Waals surface area contributed by atoms with Crippen molar-refractivity contribution < 1.29 is 21.5 Å². The quantitative estimate of drug-likeness (QED) is 0.472. The van der Waals surface area contributed by atoms with Crippen molar-refractivity contribution in [1.29, 1.82) is 0 Å². The van der Waals surface area contributed by atoms with Crippen LogP contribution < -0.4 is 0 Å². The summed E-state index contributed by atoms with van der Waals surface area (Å²) in [4.78, 5) is 0. The smallest absolute Gasteiger partial charge is 0.381 e. The fraction of sp³-hybridized carbons (Fsp3) is 1.00. The van der Waals surface area contributed by atoms with Gasteiger partial charge in [0.25, 0.3) is 0 Å². The van der Waals surface area contributed by atoms with Crippen LogP contribution in [-0.2, 0) is 21.5 Å². The summed E-state index contributed by atoms with van der Waals surface area (Å²) in [6, 6.07) is 0.